The minimum atomic E-state index is -0.790. The number of rotatable bonds is 7. The highest BCUT2D eigenvalue weighted by atomic mass is 16.5. The van der Waals surface area contributed by atoms with Crippen molar-refractivity contribution in [2.75, 3.05) is 14.2 Å². The number of aryl methyl sites for hydroxylation is 2. The summed E-state index contributed by atoms with van der Waals surface area (Å²) in [5.74, 6) is -0.857. The van der Waals surface area contributed by atoms with Crippen molar-refractivity contribution in [1.82, 2.24) is 5.32 Å². The fourth-order valence-electron chi connectivity index (χ4n) is 2.98. The normalized spacial score (nSPS) is 12.9. The maximum atomic E-state index is 12.7. The number of hydrogen-bond donors (Lipinski definition) is 1. The van der Waals surface area contributed by atoms with Crippen LogP contribution in [0.2, 0.25) is 0 Å². The van der Waals surface area contributed by atoms with Crippen molar-refractivity contribution in [3.05, 3.63) is 70.8 Å². The first kappa shape index (κ1) is 19.7. The lowest BCUT2D eigenvalue weighted by molar-refractivity contribution is -0.146. The van der Waals surface area contributed by atoms with Gasteiger partial charge in [-0.3, -0.25) is 4.79 Å². The van der Waals surface area contributed by atoms with Crippen LogP contribution in [0, 0.1) is 13.8 Å². The van der Waals surface area contributed by atoms with Crippen molar-refractivity contribution in [1.29, 1.82) is 0 Å². The summed E-state index contributed by atoms with van der Waals surface area (Å²) in [5, 5.41) is 2.78. The van der Waals surface area contributed by atoms with Gasteiger partial charge in [0.1, 0.15) is 6.04 Å². The predicted octanol–water partition coefficient (Wildman–Crippen LogP) is 2.89. The van der Waals surface area contributed by atoms with E-state index in [0.29, 0.717) is 6.42 Å². The molecule has 0 spiro atoms. The van der Waals surface area contributed by atoms with Crippen LogP contribution >= 0.6 is 0 Å². The van der Waals surface area contributed by atoms with Gasteiger partial charge in [0, 0.05) is 13.5 Å². The van der Waals surface area contributed by atoms with Gasteiger partial charge in [0.05, 0.1) is 7.11 Å². The fourth-order valence-corrected chi connectivity index (χ4v) is 2.98. The summed E-state index contributed by atoms with van der Waals surface area (Å²) in [6.45, 7) is 3.97. The van der Waals surface area contributed by atoms with E-state index >= 15 is 0 Å². The Kier molecular flexibility index (Phi) is 6.92. The molecule has 2 atom stereocenters. The number of carbonyl (C=O) groups is 2. The summed E-state index contributed by atoms with van der Waals surface area (Å²) < 4.78 is 10.2. The number of ether oxygens (including phenoxy) is 2. The van der Waals surface area contributed by atoms with E-state index in [-0.39, 0.29) is 5.91 Å². The molecule has 2 aromatic carbocycles. The van der Waals surface area contributed by atoms with Gasteiger partial charge in [0.25, 0.3) is 5.91 Å². The Balaban J connectivity index is 2.22. The molecular formula is C21H25NO4. The first-order chi connectivity index (χ1) is 12.5. The van der Waals surface area contributed by atoms with Gasteiger partial charge in [-0.1, -0.05) is 48.5 Å². The monoisotopic (exact) mass is 355 g/mol. The van der Waals surface area contributed by atoms with E-state index in [1.165, 1.54) is 14.2 Å². The van der Waals surface area contributed by atoms with Crippen LogP contribution in [0.3, 0.4) is 0 Å². The van der Waals surface area contributed by atoms with Crippen LogP contribution < -0.4 is 5.32 Å². The summed E-state index contributed by atoms with van der Waals surface area (Å²) in [5.41, 5.74) is 3.89. The molecule has 0 saturated heterocycles. The lowest BCUT2D eigenvalue weighted by Crippen LogP contribution is -2.45. The number of amides is 1. The van der Waals surface area contributed by atoms with Gasteiger partial charge in [0.15, 0.2) is 6.10 Å². The third-order valence-electron chi connectivity index (χ3n) is 4.43. The van der Waals surface area contributed by atoms with Gasteiger partial charge in [-0.25, -0.2) is 4.79 Å². The van der Waals surface area contributed by atoms with E-state index in [2.05, 4.69) is 5.32 Å². The third kappa shape index (κ3) is 4.70. The molecule has 0 aliphatic heterocycles. The minimum absolute atomic E-state index is 0.363. The smallest absolute Gasteiger partial charge is 0.328 e. The van der Waals surface area contributed by atoms with Crippen LogP contribution in [0.4, 0.5) is 0 Å². The SMILES string of the molecule is COC(=O)[C@@H](Cc1c(C)cccc1C)NC(=O)[C@@H](OC)c1ccccc1. The van der Waals surface area contributed by atoms with Crippen LogP contribution in [0.25, 0.3) is 0 Å². The molecule has 0 bridgehead atoms. The quantitative estimate of drug-likeness (QED) is 0.776. The highest BCUT2D eigenvalue weighted by Gasteiger charge is 2.28. The Bertz CT molecular complexity index is 738. The first-order valence-corrected chi connectivity index (χ1v) is 8.49. The van der Waals surface area contributed by atoms with E-state index < -0.39 is 18.1 Å². The summed E-state index contributed by atoms with van der Waals surface area (Å²) in [4.78, 5) is 25.0. The molecule has 1 amide bonds. The molecule has 5 heteroatoms. The molecule has 0 fully saturated rings. The molecule has 5 nitrogen and oxygen atoms in total. The molecule has 0 saturated carbocycles. The second kappa shape index (κ2) is 9.15. The lowest BCUT2D eigenvalue weighted by atomic mass is 9.96. The van der Waals surface area contributed by atoms with Crippen molar-refractivity contribution in [2.24, 2.45) is 0 Å². The molecule has 0 unspecified atom stereocenters. The minimum Gasteiger partial charge on any atom is -0.467 e. The molecule has 0 heterocycles. The van der Waals surface area contributed by atoms with Gasteiger partial charge < -0.3 is 14.8 Å². The van der Waals surface area contributed by atoms with Gasteiger partial charge in [-0.05, 0) is 36.1 Å². The fraction of sp³-hybridized carbons (Fsp3) is 0.333. The summed E-state index contributed by atoms with van der Waals surface area (Å²) in [6.07, 6.45) is -0.427. The van der Waals surface area contributed by atoms with Gasteiger partial charge in [-0.15, -0.1) is 0 Å². The number of hydrogen-bond acceptors (Lipinski definition) is 4. The Morgan fingerprint density at radius 2 is 1.58 bits per heavy atom. The molecule has 0 aliphatic rings. The number of carbonyl (C=O) groups excluding carboxylic acids is 2. The van der Waals surface area contributed by atoms with Crippen molar-refractivity contribution in [3.8, 4) is 0 Å². The molecule has 0 radical (unpaired) electrons. The van der Waals surface area contributed by atoms with Crippen LogP contribution in [0.15, 0.2) is 48.5 Å². The Hall–Kier alpha value is -2.66. The molecule has 26 heavy (non-hydrogen) atoms. The Labute approximate surface area is 154 Å². The van der Waals surface area contributed by atoms with Crippen molar-refractivity contribution in [2.45, 2.75) is 32.4 Å². The molecule has 0 aliphatic carbocycles. The van der Waals surface area contributed by atoms with Crippen LogP contribution in [0.1, 0.15) is 28.4 Å². The summed E-state index contributed by atoms with van der Waals surface area (Å²) in [6, 6.07) is 14.3. The molecule has 2 aromatic rings. The number of methoxy groups -OCH3 is 2. The van der Waals surface area contributed by atoms with E-state index in [4.69, 9.17) is 9.47 Å². The summed E-state index contributed by atoms with van der Waals surface area (Å²) >= 11 is 0. The van der Waals surface area contributed by atoms with Crippen molar-refractivity contribution >= 4 is 11.9 Å². The van der Waals surface area contributed by atoms with Crippen LogP contribution in [0.5, 0.6) is 0 Å². The Morgan fingerprint density at radius 3 is 2.12 bits per heavy atom. The second-order valence-electron chi connectivity index (χ2n) is 6.19. The molecule has 0 aromatic heterocycles. The lowest BCUT2D eigenvalue weighted by Gasteiger charge is -2.22. The standard InChI is InChI=1S/C21H25NO4/c1-14-9-8-10-15(2)17(14)13-18(21(24)26-4)22-20(23)19(25-3)16-11-6-5-7-12-16/h5-12,18-19H,13H2,1-4H3,(H,22,23)/t18-,19+/m1/s1. The maximum Gasteiger partial charge on any atom is 0.328 e. The van der Waals surface area contributed by atoms with Gasteiger partial charge >= 0.3 is 5.97 Å². The van der Waals surface area contributed by atoms with E-state index in [1.54, 1.807) is 0 Å². The molecule has 138 valence electrons. The zero-order valence-corrected chi connectivity index (χ0v) is 15.6. The highest BCUT2D eigenvalue weighted by Crippen LogP contribution is 2.19. The van der Waals surface area contributed by atoms with Gasteiger partial charge in [0.2, 0.25) is 0 Å². The second-order valence-corrected chi connectivity index (χ2v) is 6.19. The zero-order chi connectivity index (χ0) is 19.1. The first-order valence-electron chi connectivity index (χ1n) is 8.49. The maximum absolute atomic E-state index is 12.7. The number of esters is 1. The topological polar surface area (TPSA) is 64.6 Å². The molecule has 2 rings (SSSR count). The van der Waals surface area contributed by atoms with Gasteiger partial charge in [-0.2, -0.15) is 0 Å². The zero-order valence-electron chi connectivity index (χ0n) is 15.6. The molecule has 1 N–H and O–H groups in total. The molecular weight excluding hydrogens is 330 g/mol. The van der Waals surface area contributed by atoms with E-state index in [0.717, 1.165) is 22.3 Å². The predicted molar refractivity (Wildman–Crippen MR) is 99.8 cm³/mol. The van der Waals surface area contributed by atoms with Crippen LogP contribution in [-0.4, -0.2) is 32.1 Å². The van der Waals surface area contributed by atoms with E-state index in [1.807, 2.05) is 62.4 Å². The Morgan fingerprint density at radius 1 is 0.962 bits per heavy atom. The average molecular weight is 355 g/mol. The summed E-state index contributed by atoms with van der Waals surface area (Å²) in [7, 11) is 2.78. The largest absolute Gasteiger partial charge is 0.467 e. The number of benzene rings is 2. The van der Waals surface area contributed by atoms with Crippen molar-refractivity contribution < 1.29 is 19.1 Å². The van der Waals surface area contributed by atoms with Crippen LogP contribution in [-0.2, 0) is 25.5 Å². The third-order valence-corrected chi connectivity index (χ3v) is 4.43. The van der Waals surface area contributed by atoms with Crippen molar-refractivity contribution in [3.63, 3.8) is 0 Å². The number of nitrogens with one attached hydrogen (secondary N) is 1. The average Bonchev–Trinajstić information content (AvgIpc) is 2.64. The van der Waals surface area contributed by atoms with E-state index in [9.17, 15) is 9.59 Å². The highest BCUT2D eigenvalue weighted by molar-refractivity contribution is 5.88.